The van der Waals surface area contributed by atoms with Crippen LogP contribution in [-0.2, 0) is 6.54 Å². The Morgan fingerprint density at radius 2 is 1.73 bits per heavy atom. The van der Waals surface area contributed by atoms with Crippen LogP contribution in [0.3, 0.4) is 0 Å². The van der Waals surface area contributed by atoms with Crippen molar-refractivity contribution in [2.45, 2.75) is 13.5 Å². The van der Waals surface area contributed by atoms with Gasteiger partial charge < -0.3 is 19.9 Å². The summed E-state index contributed by atoms with van der Waals surface area (Å²) in [5, 5.41) is 34.5. The molecule has 0 amide bonds. The predicted octanol–water partition coefficient (Wildman–Crippen LogP) is 5.00. The number of nitrogens with zero attached hydrogens (tertiary/aromatic N) is 2. The lowest BCUT2D eigenvalue weighted by Gasteiger charge is -2.14. The normalized spacial score (nSPS) is 10.3. The van der Waals surface area contributed by atoms with E-state index in [1.54, 1.807) is 37.3 Å². The minimum absolute atomic E-state index is 0.156. The fraction of sp³-hybridized carbons (Fsp3) is 0.136. The van der Waals surface area contributed by atoms with Gasteiger partial charge in [0, 0.05) is 18.3 Å². The molecule has 3 aromatic carbocycles. The summed E-state index contributed by atoms with van der Waals surface area (Å²) in [7, 11) is 0. The van der Waals surface area contributed by atoms with E-state index in [-0.39, 0.29) is 17.1 Å². The summed E-state index contributed by atoms with van der Waals surface area (Å²) in [6.07, 6.45) is 0. The maximum Gasteiger partial charge on any atom is 0.335 e. The summed E-state index contributed by atoms with van der Waals surface area (Å²) in [6.45, 7) is 2.41. The van der Waals surface area contributed by atoms with Gasteiger partial charge in [0.15, 0.2) is 11.5 Å². The molecule has 3 aromatic rings. The molecule has 0 aliphatic heterocycles. The molecule has 33 heavy (non-hydrogen) atoms. The number of ether oxygens (including phenoxy) is 2. The predicted molar refractivity (Wildman–Crippen MR) is 118 cm³/mol. The maximum absolute atomic E-state index is 11.4. The van der Waals surface area contributed by atoms with E-state index in [9.17, 15) is 25.0 Å². The number of anilines is 1. The monoisotopic (exact) mass is 453 g/mol. The van der Waals surface area contributed by atoms with Gasteiger partial charge in [0.2, 0.25) is 5.75 Å². The molecule has 3 rings (SSSR count). The Labute approximate surface area is 187 Å². The Kier molecular flexibility index (Phi) is 7.03. The molecule has 0 unspecified atom stereocenters. The number of non-ortho nitro benzene ring substituents is 1. The first-order chi connectivity index (χ1) is 15.8. The number of carbonyl (C=O) groups is 1. The third-order valence-electron chi connectivity index (χ3n) is 4.48. The maximum atomic E-state index is 11.4. The quantitative estimate of drug-likeness (QED) is 0.318. The smallest absolute Gasteiger partial charge is 0.335 e. The number of hydrogen-bond donors (Lipinski definition) is 2. The van der Waals surface area contributed by atoms with E-state index in [2.05, 4.69) is 5.32 Å². The van der Waals surface area contributed by atoms with Crippen molar-refractivity contribution in [1.82, 2.24) is 0 Å². The van der Waals surface area contributed by atoms with Crippen LogP contribution in [0.5, 0.6) is 17.2 Å². The molecule has 0 atom stereocenters. The van der Waals surface area contributed by atoms with Crippen LogP contribution in [0.2, 0.25) is 0 Å². The molecule has 0 bridgehead atoms. The molecular weight excluding hydrogens is 434 g/mol. The van der Waals surface area contributed by atoms with Crippen molar-refractivity contribution < 1.29 is 29.2 Å². The Morgan fingerprint density at radius 1 is 0.970 bits per heavy atom. The van der Waals surface area contributed by atoms with E-state index >= 15 is 0 Å². The zero-order valence-electron chi connectivity index (χ0n) is 17.4. The second-order valence-corrected chi connectivity index (χ2v) is 6.72. The number of hydrogen-bond acceptors (Lipinski definition) is 8. The van der Waals surface area contributed by atoms with Crippen LogP contribution in [0.4, 0.5) is 17.1 Å². The van der Waals surface area contributed by atoms with Crippen molar-refractivity contribution in [3.63, 3.8) is 0 Å². The molecule has 2 N–H and O–H groups in total. The van der Waals surface area contributed by atoms with Crippen LogP contribution in [0, 0.1) is 20.2 Å². The van der Waals surface area contributed by atoms with Crippen molar-refractivity contribution >= 4 is 23.0 Å². The molecule has 0 aliphatic rings. The van der Waals surface area contributed by atoms with Gasteiger partial charge in [0.05, 0.1) is 28.1 Å². The topological polar surface area (TPSA) is 154 Å². The van der Waals surface area contributed by atoms with E-state index in [1.165, 1.54) is 12.1 Å². The third-order valence-corrected chi connectivity index (χ3v) is 4.48. The standard InChI is InChI=1S/C22H19N3O8/c1-2-32-21-10-14(13-23-16-5-3-4-15(11-16)22(26)27)6-8-20(21)33-19-9-7-17(24(28)29)12-18(19)25(30)31/h3-12,23H,2,13H2,1H3,(H,26,27). The molecule has 0 aromatic heterocycles. The molecule has 11 heteroatoms. The molecule has 0 aliphatic carbocycles. The van der Waals surface area contributed by atoms with Crippen LogP contribution in [-0.4, -0.2) is 27.5 Å². The first kappa shape index (κ1) is 23.0. The number of nitro benzene ring substituents is 2. The average Bonchev–Trinajstić information content (AvgIpc) is 2.79. The second kappa shape index (κ2) is 10.1. The third kappa shape index (κ3) is 5.73. The van der Waals surface area contributed by atoms with E-state index in [0.29, 0.717) is 24.6 Å². The highest BCUT2D eigenvalue weighted by Gasteiger charge is 2.22. The van der Waals surface area contributed by atoms with E-state index in [0.717, 1.165) is 23.8 Å². The van der Waals surface area contributed by atoms with E-state index in [4.69, 9.17) is 14.6 Å². The number of rotatable bonds is 10. The van der Waals surface area contributed by atoms with Crippen LogP contribution in [0.15, 0.2) is 60.7 Å². The molecule has 0 spiro atoms. The fourth-order valence-electron chi connectivity index (χ4n) is 2.95. The van der Waals surface area contributed by atoms with Crippen molar-refractivity contribution in [3.05, 3.63) is 92.0 Å². The molecule has 0 radical (unpaired) electrons. The number of aromatic carboxylic acids is 1. The Bertz CT molecular complexity index is 1210. The SMILES string of the molecule is CCOc1cc(CNc2cccc(C(=O)O)c2)ccc1Oc1ccc([N+](=O)[O-])cc1[N+](=O)[O-]. The minimum atomic E-state index is -1.03. The highest BCUT2D eigenvalue weighted by atomic mass is 16.6. The van der Waals surface area contributed by atoms with Crippen molar-refractivity contribution in [1.29, 1.82) is 0 Å². The molecule has 11 nitrogen and oxygen atoms in total. The van der Waals surface area contributed by atoms with Gasteiger partial charge in [-0.3, -0.25) is 20.2 Å². The minimum Gasteiger partial charge on any atom is -0.490 e. The zero-order chi connectivity index (χ0) is 24.0. The van der Waals surface area contributed by atoms with Crippen molar-refractivity contribution in [2.24, 2.45) is 0 Å². The number of nitro groups is 2. The Morgan fingerprint density at radius 3 is 2.39 bits per heavy atom. The van der Waals surface area contributed by atoms with Gasteiger partial charge >= 0.3 is 11.7 Å². The number of nitrogens with one attached hydrogen (secondary N) is 1. The van der Waals surface area contributed by atoms with Crippen LogP contribution < -0.4 is 14.8 Å². The van der Waals surface area contributed by atoms with Gasteiger partial charge in [-0.1, -0.05) is 12.1 Å². The van der Waals surface area contributed by atoms with Gasteiger partial charge in [-0.25, -0.2) is 4.79 Å². The van der Waals surface area contributed by atoms with Gasteiger partial charge in [-0.15, -0.1) is 0 Å². The second-order valence-electron chi connectivity index (χ2n) is 6.72. The Hall–Kier alpha value is -4.67. The lowest BCUT2D eigenvalue weighted by molar-refractivity contribution is -0.394. The number of carboxylic acids is 1. The number of carboxylic acid groups (broad SMARTS) is 1. The van der Waals surface area contributed by atoms with Gasteiger partial charge in [0.1, 0.15) is 0 Å². The van der Waals surface area contributed by atoms with Gasteiger partial charge in [-0.05, 0) is 48.9 Å². The number of benzene rings is 3. The van der Waals surface area contributed by atoms with E-state index in [1.807, 2.05) is 0 Å². The first-order valence-electron chi connectivity index (χ1n) is 9.72. The lowest BCUT2D eigenvalue weighted by Crippen LogP contribution is -2.03. The van der Waals surface area contributed by atoms with Gasteiger partial charge in [-0.2, -0.15) is 0 Å². The highest BCUT2D eigenvalue weighted by Crippen LogP contribution is 2.38. The summed E-state index contributed by atoms with van der Waals surface area (Å²) < 4.78 is 11.3. The molecule has 0 heterocycles. The average molecular weight is 453 g/mol. The van der Waals surface area contributed by atoms with E-state index < -0.39 is 27.2 Å². The molecular formula is C22H19N3O8. The zero-order valence-corrected chi connectivity index (χ0v) is 17.4. The van der Waals surface area contributed by atoms with Crippen LogP contribution in [0.1, 0.15) is 22.8 Å². The first-order valence-corrected chi connectivity index (χ1v) is 9.72. The molecule has 170 valence electrons. The van der Waals surface area contributed by atoms with Gasteiger partial charge in [0.25, 0.3) is 5.69 Å². The van der Waals surface area contributed by atoms with Crippen molar-refractivity contribution in [2.75, 3.05) is 11.9 Å². The van der Waals surface area contributed by atoms with Crippen molar-refractivity contribution in [3.8, 4) is 17.2 Å². The summed E-state index contributed by atoms with van der Waals surface area (Å²) >= 11 is 0. The van der Waals surface area contributed by atoms with Crippen LogP contribution >= 0.6 is 0 Å². The highest BCUT2D eigenvalue weighted by molar-refractivity contribution is 5.88. The summed E-state index contributed by atoms with van der Waals surface area (Å²) in [5.74, 6) is -0.670. The molecule has 0 fully saturated rings. The fourth-order valence-corrected chi connectivity index (χ4v) is 2.95. The molecule has 0 saturated carbocycles. The molecule has 0 saturated heterocycles. The lowest BCUT2D eigenvalue weighted by atomic mass is 10.1. The summed E-state index contributed by atoms with van der Waals surface area (Å²) in [5.41, 5.74) is 0.589. The van der Waals surface area contributed by atoms with Crippen LogP contribution in [0.25, 0.3) is 0 Å². The summed E-state index contributed by atoms with van der Waals surface area (Å²) in [4.78, 5) is 31.9. The Balaban J connectivity index is 1.83. The summed E-state index contributed by atoms with van der Waals surface area (Å²) in [6, 6.07) is 14.4. The largest absolute Gasteiger partial charge is 0.490 e.